The highest BCUT2D eigenvalue weighted by Gasteiger charge is 2.11. The molecule has 0 saturated carbocycles. The molecule has 0 amide bonds. The maximum atomic E-state index is 8.05. The lowest BCUT2D eigenvalue weighted by Gasteiger charge is -2.11. The van der Waals surface area contributed by atoms with Crippen molar-refractivity contribution in [2.75, 3.05) is 7.05 Å². The Bertz CT molecular complexity index is 944. The average molecular weight is 321 g/mol. The molecule has 3 N–H and O–H groups in total. The lowest BCUT2D eigenvalue weighted by atomic mass is 10.1. The SMILES string of the molecule is CNCc1ccc(Cn2c(C)cc3c2ccc(=N)n3C(C)=N)cc1. The number of nitrogens with zero attached hydrogens (tertiary/aromatic N) is 2. The third kappa shape index (κ3) is 2.90. The summed E-state index contributed by atoms with van der Waals surface area (Å²) < 4.78 is 3.91. The summed E-state index contributed by atoms with van der Waals surface area (Å²) in [6.07, 6.45) is 0. The Hall–Kier alpha value is -2.66. The number of aromatic nitrogens is 2. The van der Waals surface area contributed by atoms with Crippen LogP contribution in [0.1, 0.15) is 23.7 Å². The van der Waals surface area contributed by atoms with E-state index in [1.54, 1.807) is 17.6 Å². The molecule has 0 aliphatic rings. The van der Waals surface area contributed by atoms with Crippen LogP contribution < -0.4 is 10.8 Å². The number of hydrogen-bond donors (Lipinski definition) is 3. The zero-order valence-corrected chi connectivity index (χ0v) is 14.4. The monoisotopic (exact) mass is 321 g/mol. The molecule has 1 aromatic carbocycles. The molecule has 0 bridgehead atoms. The van der Waals surface area contributed by atoms with Gasteiger partial charge in [0.25, 0.3) is 0 Å². The molecule has 0 aliphatic heterocycles. The van der Waals surface area contributed by atoms with Crippen LogP contribution in [0.2, 0.25) is 0 Å². The first-order chi connectivity index (χ1) is 11.5. The standard InChI is InChI=1S/C19H23N5/c1-13-10-18-17(8-9-19(21)24(18)14(2)20)23(13)12-16-6-4-15(5-7-16)11-22-3/h4-10,20-22H,11-12H2,1-3H3. The van der Waals surface area contributed by atoms with Crippen molar-refractivity contribution in [3.8, 4) is 0 Å². The van der Waals surface area contributed by atoms with E-state index in [9.17, 15) is 0 Å². The van der Waals surface area contributed by atoms with Gasteiger partial charge in [0, 0.05) is 18.8 Å². The van der Waals surface area contributed by atoms with Crippen LogP contribution in [-0.4, -0.2) is 22.0 Å². The first kappa shape index (κ1) is 16.2. The molecule has 0 spiro atoms. The number of rotatable bonds is 4. The van der Waals surface area contributed by atoms with Gasteiger partial charge in [0.15, 0.2) is 0 Å². The predicted octanol–water partition coefficient (Wildman–Crippen LogP) is 2.84. The summed E-state index contributed by atoms with van der Waals surface area (Å²) in [7, 11) is 1.95. The second-order valence-electron chi connectivity index (χ2n) is 6.13. The van der Waals surface area contributed by atoms with E-state index in [1.165, 1.54) is 11.1 Å². The molecule has 0 saturated heterocycles. The van der Waals surface area contributed by atoms with Gasteiger partial charge in [0.1, 0.15) is 11.3 Å². The lowest BCUT2D eigenvalue weighted by Crippen LogP contribution is -2.24. The fourth-order valence-corrected chi connectivity index (χ4v) is 3.12. The van der Waals surface area contributed by atoms with E-state index in [4.69, 9.17) is 10.8 Å². The third-order valence-corrected chi connectivity index (χ3v) is 4.29. The molecule has 0 radical (unpaired) electrons. The van der Waals surface area contributed by atoms with Crippen molar-refractivity contribution < 1.29 is 0 Å². The van der Waals surface area contributed by atoms with Crippen LogP contribution >= 0.6 is 0 Å². The summed E-state index contributed by atoms with van der Waals surface area (Å²) in [5, 5.41) is 19.2. The van der Waals surface area contributed by atoms with Gasteiger partial charge in [0.2, 0.25) is 0 Å². The van der Waals surface area contributed by atoms with Crippen LogP contribution in [-0.2, 0) is 13.1 Å². The summed E-state index contributed by atoms with van der Waals surface area (Å²) in [4.78, 5) is 0. The van der Waals surface area contributed by atoms with Crippen LogP contribution in [0.5, 0.6) is 0 Å². The van der Waals surface area contributed by atoms with Crippen LogP contribution in [0.15, 0.2) is 42.5 Å². The molecule has 0 unspecified atom stereocenters. The van der Waals surface area contributed by atoms with Crippen molar-refractivity contribution in [1.29, 1.82) is 10.8 Å². The summed E-state index contributed by atoms with van der Waals surface area (Å²) >= 11 is 0. The number of fused-ring (bicyclic) bond motifs is 1. The fraction of sp³-hybridized carbons (Fsp3) is 0.263. The Morgan fingerprint density at radius 3 is 2.33 bits per heavy atom. The molecule has 0 fully saturated rings. The Balaban J connectivity index is 2.04. The van der Waals surface area contributed by atoms with E-state index >= 15 is 0 Å². The molecule has 5 nitrogen and oxygen atoms in total. The molecule has 3 aromatic rings. The summed E-state index contributed by atoms with van der Waals surface area (Å²) in [5.74, 6) is 0.360. The number of benzene rings is 1. The minimum Gasteiger partial charge on any atom is -0.339 e. The van der Waals surface area contributed by atoms with Crippen LogP contribution in [0, 0.1) is 17.7 Å². The van der Waals surface area contributed by atoms with Crippen molar-refractivity contribution >= 4 is 16.9 Å². The van der Waals surface area contributed by atoms with Crippen molar-refractivity contribution in [3.63, 3.8) is 0 Å². The van der Waals surface area contributed by atoms with Crippen molar-refractivity contribution in [2.45, 2.75) is 26.9 Å². The largest absolute Gasteiger partial charge is 0.339 e. The van der Waals surface area contributed by atoms with Gasteiger partial charge in [-0.25, -0.2) is 0 Å². The quantitative estimate of drug-likeness (QED) is 0.502. The molecule has 0 aliphatic carbocycles. The van der Waals surface area contributed by atoms with Crippen molar-refractivity contribution in [3.05, 3.63) is 64.8 Å². The second-order valence-corrected chi connectivity index (χ2v) is 6.13. The summed E-state index contributed by atoms with van der Waals surface area (Å²) in [6.45, 7) is 5.44. The van der Waals surface area contributed by atoms with E-state index in [0.717, 1.165) is 29.8 Å². The van der Waals surface area contributed by atoms with E-state index in [0.29, 0.717) is 11.3 Å². The van der Waals surface area contributed by atoms with Crippen LogP contribution in [0.3, 0.4) is 0 Å². The Morgan fingerprint density at radius 2 is 1.71 bits per heavy atom. The fourth-order valence-electron chi connectivity index (χ4n) is 3.12. The molecule has 5 heteroatoms. The number of pyridine rings is 1. The molecule has 124 valence electrons. The maximum absolute atomic E-state index is 8.05. The maximum Gasteiger partial charge on any atom is 0.130 e. The summed E-state index contributed by atoms with van der Waals surface area (Å²) in [6, 6.07) is 14.4. The highest BCUT2D eigenvalue weighted by Crippen LogP contribution is 2.20. The third-order valence-electron chi connectivity index (χ3n) is 4.29. The van der Waals surface area contributed by atoms with Crippen LogP contribution in [0.4, 0.5) is 0 Å². The Kier molecular flexibility index (Phi) is 4.36. The highest BCUT2D eigenvalue weighted by atomic mass is 15.1. The number of aryl methyl sites for hydroxylation is 1. The van der Waals surface area contributed by atoms with Crippen molar-refractivity contribution in [2.24, 2.45) is 0 Å². The van der Waals surface area contributed by atoms with Gasteiger partial charge in [-0.15, -0.1) is 0 Å². The van der Waals surface area contributed by atoms with Gasteiger partial charge in [-0.05, 0) is 50.2 Å². The van der Waals surface area contributed by atoms with Gasteiger partial charge in [0.05, 0.1) is 11.0 Å². The zero-order chi connectivity index (χ0) is 17.3. The molecule has 2 aromatic heterocycles. The van der Waals surface area contributed by atoms with Gasteiger partial charge in [-0.2, -0.15) is 0 Å². The van der Waals surface area contributed by atoms with Gasteiger partial charge >= 0.3 is 0 Å². The Labute approximate surface area is 141 Å². The van der Waals surface area contributed by atoms with E-state index in [1.807, 2.05) is 13.1 Å². The topological polar surface area (TPSA) is 69.6 Å². The summed E-state index contributed by atoms with van der Waals surface area (Å²) in [5.41, 5.74) is 5.94. The first-order valence-electron chi connectivity index (χ1n) is 8.05. The van der Waals surface area contributed by atoms with E-state index in [2.05, 4.69) is 47.1 Å². The molecular weight excluding hydrogens is 298 g/mol. The normalized spacial score (nSPS) is 11.1. The lowest BCUT2D eigenvalue weighted by molar-refractivity contribution is 0.796. The van der Waals surface area contributed by atoms with Gasteiger partial charge in [-0.3, -0.25) is 15.4 Å². The zero-order valence-electron chi connectivity index (χ0n) is 14.4. The molecule has 2 heterocycles. The minimum atomic E-state index is 0.337. The molecular formula is C19H23N5. The van der Waals surface area contributed by atoms with Gasteiger partial charge in [-0.1, -0.05) is 24.3 Å². The number of nitrogens with one attached hydrogen (secondary N) is 3. The van der Waals surface area contributed by atoms with E-state index in [-0.39, 0.29) is 0 Å². The van der Waals surface area contributed by atoms with Crippen molar-refractivity contribution in [1.82, 2.24) is 14.5 Å². The number of hydrogen-bond acceptors (Lipinski definition) is 3. The molecule has 3 rings (SSSR count). The average Bonchev–Trinajstić information content (AvgIpc) is 2.84. The van der Waals surface area contributed by atoms with Gasteiger partial charge < -0.3 is 9.88 Å². The predicted molar refractivity (Wildman–Crippen MR) is 97.6 cm³/mol. The highest BCUT2D eigenvalue weighted by molar-refractivity contribution is 5.90. The van der Waals surface area contributed by atoms with Crippen LogP contribution in [0.25, 0.3) is 11.0 Å². The molecule has 24 heavy (non-hydrogen) atoms. The minimum absolute atomic E-state index is 0.337. The smallest absolute Gasteiger partial charge is 0.130 e. The Morgan fingerprint density at radius 1 is 1.04 bits per heavy atom. The molecule has 0 atom stereocenters. The second kappa shape index (κ2) is 6.45. The first-order valence-corrected chi connectivity index (χ1v) is 8.05. The van der Waals surface area contributed by atoms with E-state index < -0.39 is 0 Å².